The normalized spacial score (nSPS) is 11.1. The Morgan fingerprint density at radius 3 is 2.69 bits per heavy atom. The van der Waals surface area contributed by atoms with Gasteiger partial charge >= 0.3 is 0 Å². The molecule has 0 saturated carbocycles. The van der Waals surface area contributed by atoms with Crippen molar-refractivity contribution in [1.82, 2.24) is 5.43 Å². The van der Waals surface area contributed by atoms with Crippen molar-refractivity contribution in [2.75, 3.05) is 0 Å². The molecule has 0 aliphatic rings. The molecule has 0 spiro atoms. The largest absolute Gasteiger partial charge is 0.273 e. The number of nitrogens with zero attached hydrogens (tertiary/aromatic N) is 1. The molecule has 1 N–H and O–H groups in total. The summed E-state index contributed by atoms with van der Waals surface area (Å²) in [5, 5.41) is 4.86. The first-order chi connectivity index (χ1) is 7.50. The fourth-order valence-electron chi connectivity index (χ4n) is 0.901. The minimum absolute atomic E-state index is 0.0992. The maximum absolute atomic E-state index is 11.2. The van der Waals surface area contributed by atoms with Gasteiger partial charge in [0, 0.05) is 16.5 Å². The molecule has 0 atom stereocenters. The van der Waals surface area contributed by atoms with Gasteiger partial charge in [0.1, 0.15) is 0 Å². The van der Waals surface area contributed by atoms with E-state index in [-0.39, 0.29) is 11.8 Å². The van der Waals surface area contributed by atoms with Crippen molar-refractivity contribution in [3.05, 3.63) is 33.8 Å². The maximum Gasteiger partial charge on any atom is 0.242 e. The van der Waals surface area contributed by atoms with E-state index in [1.54, 1.807) is 32.0 Å². The number of hydrogen-bond donors (Lipinski definition) is 1. The Balaban J connectivity index is 2.66. The van der Waals surface area contributed by atoms with Crippen LogP contribution in [0.1, 0.15) is 19.4 Å². The molecule has 0 heterocycles. The van der Waals surface area contributed by atoms with Gasteiger partial charge in [-0.3, -0.25) is 4.79 Å². The van der Waals surface area contributed by atoms with E-state index in [0.29, 0.717) is 15.6 Å². The average molecular weight is 259 g/mol. The van der Waals surface area contributed by atoms with Crippen LogP contribution in [0.15, 0.2) is 23.3 Å². The summed E-state index contributed by atoms with van der Waals surface area (Å²) in [7, 11) is 0. The number of nitrogens with one attached hydrogen (secondary N) is 1. The SMILES string of the molecule is CC(C)C(=O)N/N=C/c1ccc(Cl)cc1Cl. The van der Waals surface area contributed by atoms with Gasteiger partial charge in [-0.25, -0.2) is 5.43 Å². The quantitative estimate of drug-likeness (QED) is 0.657. The Bertz CT molecular complexity index is 416. The fourth-order valence-corrected chi connectivity index (χ4v) is 1.36. The van der Waals surface area contributed by atoms with Crippen LogP contribution < -0.4 is 5.43 Å². The van der Waals surface area contributed by atoms with Gasteiger partial charge in [-0.05, 0) is 12.1 Å². The lowest BCUT2D eigenvalue weighted by Gasteiger charge is -2.02. The Morgan fingerprint density at radius 1 is 1.44 bits per heavy atom. The van der Waals surface area contributed by atoms with Crippen LogP contribution in [0.25, 0.3) is 0 Å². The predicted octanol–water partition coefficient (Wildman–Crippen LogP) is 3.10. The van der Waals surface area contributed by atoms with E-state index >= 15 is 0 Å². The molecule has 1 aromatic carbocycles. The number of amides is 1. The lowest BCUT2D eigenvalue weighted by Crippen LogP contribution is -2.22. The molecule has 0 bridgehead atoms. The lowest BCUT2D eigenvalue weighted by molar-refractivity contribution is -0.123. The molecular formula is C11H12Cl2N2O. The Labute approximate surface area is 104 Å². The van der Waals surface area contributed by atoms with Crippen LogP contribution in [0.2, 0.25) is 10.0 Å². The van der Waals surface area contributed by atoms with Gasteiger partial charge in [-0.15, -0.1) is 0 Å². The number of rotatable bonds is 3. The molecule has 0 fully saturated rings. The zero-order valence-electron chi connectivity index (χ0n) is 9.00. The van der Waals surface area contributed by atoms with E-state index in [4.69, 9.17) is 23.2 Å². The summed E-state index contributed by atoms with van der Waals surface area (Å²) in [6, 6.07) is 5.06. The van der Waals surface area contributed by atoms with E-state index in [9.17, 15) is 4.79 Å². The standard InChI is InChI=1S/C11H12Cl2N2O/c1-7(2)11(16)15-14-6-8-3-4-9(12)5-10(8)13/h3-7H,1-2H3,(H,15,16)/b14-6+. The summed E-state index contributed by atoms with van der Waals surface area (Å²) in [6.45, 7) is 3.58. The highest BCUT2D eigenvalue weighted by molar-refractivity contribution is 6.36. The maximum atomic E-state index is 11.2. The van der Waals surface area contributed by atoms with Gasteiger partial charge in [-0.2, -0.15) is 5.10 Å². The summed E-state index contributed by atoms with van der Waals surface area (Å²) in [6.07, 6.45) is 1.49. The molecule has 0 unspecified atom stereocenters. The summed E-state index contributed by atoms with van der Waals surface area (Å²) in [4.78, 5) is 11.2. The van der Waals surface area contributed by atoms with Crippen LogP contribution >= 0.6 is 23.2 Å². The van der Waals surface area contributed by atoms with Crippen LogP contribution in [0.3, 0.4) is 0 Å². The first kappa shape index (κ1) is 13.0. The molecule has 5 heteroatoms. The molecule has 1 aromatic rings. The number of carbonyl (C=O) groups is 1. The molecule has 0 radical (unpaired) electrons. The molecule has 16 heavy (non-hydrogen) atoms. The van der Waals surface area contributed by atoms with Gasteiger partial charge in [-0.1, -0.05) is 43.1 Å². The number of hydrazone groups is 1. The molecule has 3 nitrogen and oxygen atoms in total. The van der Waals surface area contributed by atoms with Crippen molar-refractivity contribution in [2.24, 2.45) is 11.0 Å². The fraction of sp³-hybridized carbons (Fsp3) is 0.273. The third kappa shape index (κ3) is 3.83. The summed E-state index contributed by atoms with van der Waals surface area (Å²) in [5.74, 6) is -0.237. The van der Waals surface area contributed by atoms with Crippen LogP contribution in [-0.4, -0.2) is 12.1 Å². The molecule has 86 valence electrons. The summed E-state index contributed by atoms with van der Waals surface area (Å²) in [5.41, 5.74) is 3.12. The number of halogens is 2. The Kier molecular flexibility index (Phi) is 4.77. The first-order valence-electron chi connectivity index (χ1n) is 4.78. The minimum Gasteiger partial charge on any atom is -0.273 e. The second kappa shape index (κ2) is 5.87. The second-order valence-electron chi connectivity index (χ2n) is 3.55. The molecule has 0 saturated heterocycles. The van der Waals surface area contributed by atoms with E-state index in [2.05, 4.69) is 10.5 Å². The van der Waals surface area contributed by atoms with E-state index in [1.807, 2.05) is 0 Å². The molecule has 0 aliphatic carbocycles. The molecule has 0 aromatic heterocycles. The van der Waals surface area contributed by atoms with Crippen molar-refractivity contribution in [3.8, 4) is 0 Å². The number of hydrogen-bond acceptors (Lipinski definition) is 2. The monoisotopic (exact) mass is 258 g/mol. The smallest absolute Gasteiger partial charge is 0.242 e. The predicted molar refractivity (Wildman–Crippen MR) is 67.0 cm³/mol. The average Bonchev–Trinajstić information content (AvgIpc) is 2.20. The third-order valence-electron chi connectivity index (χ3n) is 1.87. The summed E-state index contributed by atoms with van der Waals surface area (Å²) < 4.78 is 0. The van der Waals surface area contributed by atoms with E-state index in [1.165, 1.54) is 6.21 Å². The van der Waals surface area contributed by atoms with Gasteiger partial charge in [0.15, 0.2) is 0 Å². The van der Waals surface area contributed by atoms with Crippen molar-refractivity contribution < 1.29 is 4.79 Å². The van der Waals surface area contributed by atoms with E-state index in [0.717, 1.165) is 0 Å². The zero-order chi connectivity index (χ0) is 12.1. The van der Waals surface area contributed by atoms with Gasteiger partial charge < -0.3 is 0 Å². The minimum atomic E-state index is -0.138. The van der Waals surface area contributed by atoms with Crippen LogP contribution in [0, 0.1) is 5.92 Å². The zero-order valence-corrected chi connectivity index (χ0v) is 10.5. The van der Waals surface area contributed by atoms with E-state index < -0.39 is 0 Å². The molecule has 1 amide bonds. The first-order valence-corrected chi connectivity index (χ1v) is 5.54. The third-order valence-corrected chi connectivity index (χ3v) is 2.43. The molecule has 1 rings (SSSR count). The van der Waals surface area contributed by atoms with Crippen molar-refractivity contribution in [2.45, 2.75) is 13.8 Å². The topological polar surface area (TPSA) is 41.5 Å². The summed E-state index contributed by atoms with van der Waals surface area (Å²) >= 11 is 11.7. The van der Waals surface area contributed by atoms with Crippen LogP contribution in [-0.2, 0) is 4.79 Å². The van der Waals surface area contributed by atoms with Crippen molar-refractivity contribution in [1.29, 1.82) is 0 Å². The van der Waals surface area contributed by atoms with Crippen LogP contribution in [0.5, 0.6) is 0 Å². The van der Waals surface area contributed by atoms with Crippen molar-refractivity contribution in [3.63, 3.8) is 0 Å². The molecular weight excluding hydrogens is 247 g/mol. The Morgan fingerprint density at radius 2 is 2.12 bits per heavy atom. The highest BCUT2D eigenvalue weighted by Crippen LogP contribution is 2.19. The van der Waals surface area contributed by atoms with Crippen LogP contribution in [0.4, 0.5) is 0 Å². The van der Waals surface area contributed by atoms with Gasteiger partial charge in [0.2, 0.25) is 5.91 Å². The van der Waals surface area contributed by atoms with Gasteiger partial charge in [0.25, 0.3) is 0 Å². The van der Waals surface area contributed by atoms with Crippen molar-refractivity contribution >= 4 is 35.3 Å². The highest BCUT2D eigenvalue weighted by atomic mass is 35.5. The second-order valence-corrected chi connectivity index (χ2v) is 4.40. The Hall–Kier alpha value is -1.06. The number of carbonyl (C=O) groups excluding carboxylic acids is 1. The lowest BCUT2D eigenvalue weighted by atomic mass is 10.2. The van der Waals surface area contributed by atoms with Gasteiger partial charge in [0.05, 0.1) is 11.2 Å². The highest BCUT2D eigenvalue weighted by Gasteiger charge is 2.04. The molecule has 0 aliphatic heterocycles. The number of benzene rings is 1.